The number of carboxylic acids is 1. The number of amides is 1. The van der Waals surface area contributed by atoms with Crippen LogP contribution >= 0.6 is 0 Å². The predicted octanol–water partition coefficient (Wildman–Crippen LogP) is 4.32. The van der Waals surface area contributed by atoms with E-state index in [2.05, 4.69) is 4.98 Å². The molecule has 0 radical (unpaired) electrons. The van der Waals surface area contributed by atoms with Crippen molar-refractivity contribution in [2.24, 2.45) is 0 Å². The molecule has 0 saturated carbocycles. The van der Waals surface area contributed by atoms with Crippen molar-refractivity contribution in [3.05, 3.63) is 54.4 Å². The maximum absolute atomic E-state index is 12.4. The van der Waals surface area contributed by atoms with Crippen molar-refractivity contribution < 1.29 is 19.4 Å². The summed E-state index contributed by atoms with van der Waals surface area (Å²) in [4.78, 5) is 29.7. The van der Waals surface area contributed by atoms with Crippen molar-refractivity contribution in [1.82, 2.24) is 9.88 Å². The number of pyridine rings is 1. The monoisotopic (exact) mass is 382 g/mol. The van der Waals surface area contributed by atoms with Crippen LogP contribution in [0.1, 0.15) is 45.1 Å². The van der Waals surface area contributed by atoms with Gasteiger partial charge < -0.3 is 9.84 Å². The second kappa shape index (κ2) is 8.00. The van der Waals surface area contributed by atoms with Gasteiger partial charge in [0.1, 0.15) is 11.6 Å². The highest BCUT2D eigenvalue weighted by Gasteiger charge is 2.38. The average molecular weight is 382 g/mol. The lowest BCUT2D eigenvalue weighted by Crippen LogP contribution is -2.51. The molecule has 6 nitrogen and oxygen atoms in total. The molecule has 2 atom stereocenters. The molecule has 2 heterocycles. The van der Waals surface area contributed by atoms with Gasteiger partial charge in [0.2, 0.25) is 0 Å². The third kappa shape index (κ3) is 4.68. The van der Waals surface area contributed by atoms with E-state index in [9.17, 15) is 14.7 Å². The predicted molar refractivity (Wildman–Crippen MR) is 106 cm³/mol. The number of likely N-dealkylation sites (tertiary alicyclic amines) is 1. The first kappa shape index (κ1) is 19.9. The van der Waals surface area contributed by atoms with Crippen molar-refractivity contribution in [3.63, 3.8) is 0 Å². The minimum Gasteiger partial charge on any atom is -0.480 e. The summed E-state index contributed by atoms with van der Waals surface area (Å²) in [7, 11) is 0. The number of piperidine rings is 1. The van der Waals surface area contributed by atoms with Gasteiger partial charge in [-0.05, 0) is 62.3 Å². The van der Waals surface area contributed by atoms with E-state index in [4.69, 9.17) is 4.74 Å². The van der Waals surface area contributed by atoms with E-state index in [1.165, 1.54) is 4.90 Å². The fourth-order valence-electron chi connectivity index (χ4n) is 3.52. The summed E-state index contributed by atoms with van der Waals surface area (Å²) in [5.74, 6) is -0.912. The van der Waals surface area contributed by atoms with Crippen LogP contribution in [0.15, 0.2) is 48.8 Å². The van der Waals surface area contributed by atoms with Gasteiger partial charge in [0.15, 0.2) is 0 Å². The maximum atomic E-state index is 12.4. The van der Waals surface area contributed by atoms with Gasteiger partial charge in [0.05, 0.1) is 0 Å². The summed E-state index contributed by atoms with van der Waals surface area (Å²) < 4.78 is 5.38. The van der Waals surface area contributed by atoms with Gasteiger partial charge in [0, 0.05) is 18.9 Å². The third-order valence-corrected chi connectivity index (χ3v) is 4.89. The Bertz CT molecular complexity index is 828. The van der Waals surface area contributed by atoms with Crippen molar-refractivity contribution in [1.29, 1.82) is 0 Å². The van der Waals surface area contributed by atoms with E-state index in [1.807, 2.05) is 42.6 Å². The summed E-state index contributed by atoms with van der Waals surface area (Å²) in [5, 5.41) is 9.66. The average Bonchev–Trinajstić information content (AvgIpc) is 2.67. The van der Waals surface area contributed by atoms with Crippen LogP contribution in [0.2, 0.25) is 0 Å². The van der Waals surface area contributed by atoms with Crippen LogP contribution in [0.25, 0.3) is 11.1 Å². The number of nitrogens with zero attached hydrogens (tertiary/aromatic N) is 2. The Hall–Kier alpha value is -2.89. The van der Waals surface area contributed by atoms with Gasteiger partial charge >= 0.3 is 12.1 Å². The first-order chi connectivity index (χ1) is 13.2. The van der Waals surface area contributed by atoms with Crippen LogP contribution in [0.5, 0.6) is 0 Å². The molecule has 2 aromatic rings. The van der Waals surface area contributed by atoms with Gasteiger partial charge in [-0.25, -0.2) is 9.59 Å². The topological polar surface area (TPSA) is 79.7 Å². The van der Waals surface area contributed by atoms with E-state index in [0.29, 0.717) is 19.4 Å². The molecule has 3 rings (SSSR count). The fraction of sp³-hybridized carbons (Fsp3) is 0.409. The Kier molecular flexibility index (Phi) is 5.68. The maximum Gasteiger partial charge on any atom is 0.411 e. The second-order valence-electron chi connectivity index (χ2n) is 8.11. The molecule has 1 amide bonds. The molecule has 1 aliphatic rings. The largest absolute Gasteiger partial charge is 0.480 e. The summed E-state index contributed by atoms with van der Waals surface area (Å²) in [5.41, 5.74) is 2.54. The molecule has 1 aliphatic heterocycles. The Morgan fingerprint density at radius 3 is 2.43 bits per heavy atom. The standard InChI is InChI=1S/C22H26N2O4/c1-22(2,3)28-21(27)24-12-10-17(13-19(24)20(25)26)15-6-8-16(9-7-15)18-5-4-11-23-14-18/h4-9,11,14,17,19H,10,12-13H2,1-3H3,(H,25,26)/t17-,19+/m0/s1. The molecule has 0 spiro atoms. The lowest BCUT2D eigenvalue weighted by molar-refractivity contribution is -0.144. The SMILES string of the molecule is CC(C)(C)OC(=O)N1CC[C@H](c2ccc(-c3cccnc3)cc2)C[C@@H]1C(=O)O. The number of aromatic nitrogens is 1. The number of carbonyl (C=O) groups excluding carboxylic acids is 1. The molecule has 1 aromatic heterocycles. The van der Waals surface area contributed by atoms with Crippen LogP contribution in [-0.2, 0) is 9.53 Å². The van der Waals surface area contributed by atoms with Crippen molar-refractivity contribution >= 4 is 12.1 Å². The van der Waals surface area contributed by atoms with Crippen LogP contribution in [0, 0.1) is 0 Å². The molecule has 1 saturated heterocycles. The molecule has 28 heavy (non-hydrogen) atoms. The van der Waals surface area contributed by atoms with Gasteiger partial charge in [0.25, 0.3) is 0 Å². The number of rotatable bonds is 3. The van der Waals surface area contributed by atoms with Gasteiger partial charge in [-0.1, -0.05) is 30.3 Å². The Morgan fingerprint density at radius 2 is 1.86 bits per heavy atom. The lowest BCUT2D eigenvalue weighted by atomic mass is 9.85. The minimum atomic E-state index is -0.998. The molecule has 1 fully saturated rings. The van der Waals surface area contributed by atoms with E-state index in [-0.39, 0.29) is 5.92 Å². The van der Waals surface area contributed by atoms with Crippen LogP contribution < -0.4 is 0 Å². The molecule has 0 aliphatic carbocycles. The zero-order chi connectivity index (χ0) is 20.3. The number of aliphatic carboxylic acids is 1. The molecule has 6 heteroatoms. The normalized spacial score (nSPS) is 19.9. The number of benzene rings is 1. The summed E-state index contributed by atoms with van der Waals surface area (Å²) in [6.45, 7) is 5.69. The first-order valence-electron chi connectivity index (χ1n) is 9.47. The Balaban J connectivity index is 1.73. The molecule has 0 bridgehead atoms. The highest BCUT2D eigenvalue weighted by atomic mass is 16.6. The molecular formula is C22H26N2O4. The van der Waals surface area contributed by atoms with Gasteiger partial charge in [-0.2, -0.15) is 0 Å². The van der Waals surface area contributed by atoms with Gasteiger partial charge in [-0.15, -0.1) is 0 Å². The minimum absolute atomic E-state index is 0.0859. The van der Waals surface area contributed by atoms with E-state index in [1.54, 1.807) is 27.0 Å². The number of hydrogen-bond donors (Lipinski definition) is 1. The van der Waals surface area contributed by atoms with Crippen LogP contribution in [0.4, 0.5) is 4.79 Å². The summed E-state index contributed by atoms with van der Waals surface area (Å²) >= 11 is 0. The summed E-state index contributed by atoms with van der Waals surface area (Å²) in [6.07, 6.45) is 4.07. The highest BCUT2D eigenvalue weighted by molar-refractivity contribution is 5.80. The van der Waals surface area contributed by atoms with Crippen molar-refractivity contribution in [3.8, 4) is 11.1 Å². The van der Waals surface area contributed by atoms with Crippen LogP contribution in [0.3, 0.4) is 0 Å². The van der Waals surface area contributed by atoms with E-state index in [0.717, 1.165) is 16.7 Å². The quantitative estimate of drug-likeness (QED) is 0.855. The Labute approximate surface area is 165 Å². The van der Waals surface area contributed by atoms with E-state index < -0.39 is 23.7 Å². The number of carbonyl (C=O) groups is 2. The van der Waals surface area contributed by atoms with Crippen molar-refractivity contribution in [2.45, 2.75) is 51.2 Å². The van der Waals surface area contributed by atoms with Crippen LogP contribution in [-0.4, -0.2) is 45.2 Å². The summed E-state index contributed by atoms with van der Waals surface area (Å²) in [6, 6.07) is 11.1. The molecule has 148 valence electrons. The zero-order valence-electron chi connectivity index (χ0n) is 16.5. The number of carboxylic acid groups (broad SMARTS) is 1. The molecular weight excluding hydrogens is 356 g/mol. The lowest BCUT2D eigenvalue weighted by Gasteiger charge is -2.38. The smallest absolute Gasteiger partial charge is 0.411 e. The first-order valence-corrected chi connectivity index (χ1v) is 9.47. The third-order valence-electron chi connectivity index (χ3n) is 4.89. The zero-order valence-corrected chi connectivity index (χ0v) is 16.5. The highest BCUT2D eigenvalue weighted by Crippen LogP contribution is 2.33. The molecule has 0 unspecified atom stereocenters. The second-order valence-corrected chi connectivity index (χ2v) is 8.11. The molecule has 1 N–H and O–H groups in total. The van der Waals surface area contributed by atoms with Crippen molar-refractivity contribution in [2.75, 3.05) is 6.54 Å². The number of ether oxygens (including phenoxy) is 1. The Morgan fingerprint density at radius 1 is 1.14 bits per heavy atom. The van der Waals surface area contributed by atoms with E-state index >= 15 is 0 Å². The number of hydrogen-bond acceptors (Lipinski definition) is 4. The fourth-order valence-corrected chi connectivity index (χ4v) is 3.52. The molecule has 1 aromatic carbocycles. The van der Waals surface area contributed by atoms with Gasteiger partial charge in [-0.3, -0.25) is 9.88 Å².